The molecule has 0 atom stereocenters. The number of fused-ring (bicyclic) bond motifs is 2. The maximum Gasteiger partial charge on any atom is 0.197 e. The number of nitrogens with one attached hydrogen (secondary N) is 2. The van der Waals surface area contributed by atoms with Gasteiger partial charge in [-0.25, -0.2) is 8.78 Å². The molecule has 17 heavy (non-hydrogen) atoms. The molecule has 0 radical (unpaired) electrons. The highest BCUT2D eigenvalue weighted by Crippen LogP contribution is 2.19. The average Bonchev–Trinajstić information content (AvgIpc) is 2.34. The number of hydrogen-bond donors (Lipinski definition) is 2. The monoisotopic (exact) mass is 236 g/mol. The van der Waals surface area contributed by atoms with Gasteiger partial charge in [-0.2, -0.15) is 0 Å². The van der Waals surface area contributed by atoms with Crippen LogP contribution in [0.5, 0.6) is 0 Å². The normalized spacial score (nSPS) is 14.9. The van der Waals surface area contributed by atoms with Crippen molar-refractivity contribution in [3.05, 3.63) is 45.2 Å². The molecule has 2 aromatic rings. The molecule has 88 valence electrons. The van der Waals surface area contributed by atoms with Crippen LogP contribution >= 0.6 is 0 Å². The van der Waals surface area contributed by atoms with E-state index in [2.05, 4.69) is 10.3 Å². The van der Waals surface area contributed by atoms with Crippen LogP contribution < -0.4 is 10.7 Å². The van der Waals surface area contributed by atoms with E-state index in [4.69, 9.17) is 0 Å². The first-order valence-electron chi connectivity index (χ1n) is 5.41. The van der Waals surface area contributed by atoms with Crippen LogP contribution in [-0.2, 0) is 13.0 Å². The van der Waals surface area contributed by atoms with Gasteiger partial charge in [-0.3, -0.25) is 4.79 Å². The van der Waals surface area contributed by atoms with Gasteiger partial charge in [0.1, 0.15) is 11.6 Å². The summed E-state index contributed by atoms with van der Waals surface area (Å²) in [5.74, 6) is -1.28. The van der Waals surface area contributed by atoms with Crippen molar-refractivity contribution < 1.29 is 8.78 Å². The molecule has 1 aliphatic rings. The van der Waals surface area contributed by atoms with E-state index in [0.717, 1.165) is 18.7 Å². The molecule has 0 saturated heterocycles. The number of hydrogen-bond acceptors (Lipinski definition) is 2. The first kappa shape index (κ1) is 10.4. The summed E-state index contributed by atoms with van der Waals surface area (Å²) < 4.78 is 27.2. The third kappa shape index (κ3) is 1.46. The van der Waals surface area contributed by atoms with Gasteiger partial charge >= 0.3 is 0 Å². The van der Waals surface area contributed by atoms with Crippen LogP contribution in [0.15, 0.2) is 16.9 Å². The summed E-state index contributed by atoms with van der Waals surface area (Å²) in [5, 5.41) is 2.86. The second-order valence-electron chi connectivity index (χ2n) is 4.12. The molecule has 1 aromatic carbocycles. The SMILES string of the molecule is O=c1c2c([nH]c3c(F)ccc(F)c13)CCNC2. The van der Waals surface area contributed by atoms with Gasteiger partial charge in [0.15, 0.2) is 5.43 Å². The molecular weight excluding hydrogens is 226 g/mol. The Hall–Kier alpha value is -1.75. The third-order valence-corrected chi connectivity index (χ3v) is 3.10. The van der Waals surface area contributed by atoms with Crippen molar-refractivity contribution in [3.63, 3.8) is 0 Å². The summed E-state index contributed by atoms with van der Waals surface area (Å²) in [5.41, 5.74) is 0.757. The van der Waals surface area contributed by atoms with E-state index in [1.807, 2.05) is 0 Å². The Bertz CT molecular complexity index is 664. The van der Waals surface area contributed by atoms with Crippen LogP contribution in [0.3, 0.4) is 0 Å². The van der Waals surface area contributed by atoms with Gasteiger partial charge in [0.2, 0.25) is 0 Å². The Kier molecular flexibility index (Phi) is 2.22. The second kappa shape index (κ2) is 3.63. The van der Waals surface area contributed by atoms with Gasteiger partial charge in [-0.15, -0.1) is 0 Å². The highest BCUT2D eigenvalue weighted by molar-refractivity contribution is 5.80. The molecule has 0 spiro atoms. The standard InChI is InChI=1S/C12H10F2N2O/c13-7-1-2-8(14)11-10(7)12(17)6-5-15-4-3-9(6)16-11/h1-2,15H,3-5H2,(H,16,17). The molecule has 2 heterocycles. The predicted octanol–water partition coefficient (Wildman–Crippen LogP) is 1.45. The topological polar surface area (TPSA) is 44.9 Å². The van der Waals surface area contributed by atoms with Crippen molar-refractivity contribution in [3.8, 4) is 0 Å². The Labute approximate surface area is 95.5 Å². The lowest BCUT2D eigenvalue weighted by Crippen LogP contribution is -2.30. The summed E-state index contributed by atoms with van der Waals surface area (Å²) in [4.78, 5) is 14.9. The van der Waals surface area contributed by atoms with Crippen molar-refractivity contribution >= 4 is 10.9 Å². The fraction of sp³-hybridized carbons (Fsp3) is 0.250. The first-order valence-corrected chi connectivity index (χ1v) is 5.41. The van der Waals surface area contributed by atoms with Gasteiger partial charge < -0.3 is 10.3 Å². The van der Waals surface area contributed by atoms with Crippen LogP contribution in [-0.4, -0.2) is 11.5 Å². The number of aromatic amines is 1. The van der Waals surface area contributed by atoms with Crippen LogP contribution in [0.2, 0.25) is 0 Å². The van der Waals surface area contributed by atoms with Crippen LogP contribution in [0, 0.1) is 11.6 Å². The molecule has 0 fully saturated rings. The lowest BCUT2D eigenvalue weighted by atomic mass is 10.0. The van der Waals surface area contributed by atoms with Gasteiger partial charge in [-0.1, -0.05) is 0 Å². The summed E-state index contributed by atoms with van der Waals surface area (Å²) in [6, 6.07) is 2.01. The highest BCUT2D eigenvalue weighted by Gasteiger charge is 2.18. The van der Waals surface area contributed by atoms with E-state index in [-0.39, 0.29) is 10.9 Å². The van der Waals surface area contributed by atoms with Gasteiger partial charge in [0, 0.05) is 30.8 Å². The third-order valence-electron chi connectivity index (χ3n) is 3.10. The van der Waals surface area contributed by atoms with Crippen LogP contribution in [0.4, 0.5) is 8.78 Å². The lowest BCUT2D eigenvalue weighted by Gasteiger charge is -2.17. The summed E-state index contributed by atoms with van der Waals surface area (Å²) in [6.07, 6.45) is 0.621. The zero-order valence-corrected chi connectivity index (χ0v) is 8.94. The smallest absolute Gasteiger partial charge is 0.197 e. The zero-order valence-electron chi connectivity index (χ0n) is 8.94. The molecule has 3 nitrogen and oxygen atoms in total. The van der Waals surface area contributed by atoms with Crippen molar-refractivity contribution in [2.75, 3.05) is 6.54 Å². The van der Waals surface area contributed by atoms with Crippen molar-refractivity contribution in [1.29, 1.82) is 0 Å². The molecule has 0 bridgehead atoms. The molecular formula is C12H10F2N2O. The number of benzene rings is 1. The highest BCUT2D eigenvalue weighted by atomic mass is 19.1. The zero-order chi connectivity index (χ0) is 12.0. The Morgan fingerprint density at radius 1 is 1.18 bits per heavy atom. The van der Waals surface area contributed by atoms with Crippen LogP contribution in [0.1, 0.15) is 11.3 Å². The van der Waals surface area contributed by atoms with Gasteiger partial charge in [0.25, 0.3) is 0 Å². The first-order chi connectivity index (χ1) is 8.18. The predicted molar refractivity (Wildman–Crippen MR) is 59.9 cm³/mol. The van der Waals surface area contributed by atoms with Gasteiger partial charge in [0.05, 0.1) is 10.9 Å². The molecule has 1 aliphatic heterocycles. The molecule has 0 saturated carbocycles. The minimum absolute atomic E-state index is 0.0318. The summed E-state index contributed by atoms with van der Waals surface area (Å²) in [7, 11) is 0. The second-order valence-corrected chi connectivity index (χ2v) is 4.12. The minimum atomic E-state index is -0.684. The quantitative estimate of drug-likeness (QED) is 0.727. The molecule has 0 aliphatic carbocycles. The maximum atomic E-state index is 13.6. The van der Waals surface area contributed by atoms with Crippen LogP contribution in [0.25, 0.3) is 10.9 Å². The molecule has 0 unspecified atom stereocenters. The van der Waals surface area contributed by atoms with E-state index in [0.29, 0.717) is 24.2 Å². The lowest BCUT2D eigenvalue weighted by molar-refractivity contribution is 0.604. The Morgan fingerprint density at radius 3 is 2.76 bits per heavy atom. The Balaban J connectivity index is 2.48. The number of H-pyrrole nitrogens is 1. The maximum absolute atomic E-state index is 13.6. The number of aromatic nitrogens is 1. The summed E-state index contributed by atoms with van der Waals surface area (Å²) in [6.45, 7) is 1.13. The Morgan fingerprint density at radius 2 is 1.94 bits per heavy atom. The molecule has 1 aromatic heterocycles. The average molecular weight is 236 g/mol. The van der Waals surface area contributed by atoms with E-state index >= 15 is 0 Å². The van der Waals surface area contributed by atoms with E-state index in [1.165, 1.54) is 0 Å². The van der Waals surface area contributed by atoms with Crippen molar-refractivity contribution in [2.45, 2.75) is 13.0 Å². The summed E-state index contributed by atoms with van der Waals surface area (Å²) >= 11 is 0. The van der Waals surface area contributed by atoms with E-state index in [9.17, 15) is 13.6 Å². The van der Waals surface area contributed by atoms with Crippen molar-refractivity contribution in [1.82, 2.24) is 10.3 Å². The van der Waals surface area contributed by atoms with Gasteiger partial charge in [-0.05, 0) is 12.1 Å². The van der Waals surface area contributed by atoms with Crippen molar-refractivity contribution in [2.24, 2.45) is 0 Å². The number of rotatable bonds is 0. The fourth-order valence-electron chi connectivity index (χ4n) is 2.24. The molecule has 2 N–H and O–H groups in total. The number of pyridine rings is 1. The molecule has 5 heteroatoms. The number of halogens is 2. The fourth-order valence-corrected chi connectivity index (χ4v) is 2.24. The van der Waals surface area contributed by atoms with E-state index < -0.39 is 17.1 Å². The largest absolute Gasteiger partial charge is 0.355 e. The van der Waals surface area contributed by atoms with E-state index in [1.54, 1.807) is 0 Å². The molecule has 0 amide bonds. The molecule has 3 rings (SSSR count). The minimum Gasteiger partial charge on any atom is -0.355 e.